The number of nitrogens with zero attached hydrogens (tertiary/aromatic N) is 1. The molecule has 5 N–H and O–H groups in total. The molecule has 96 valence electrons. The molecule has 1 aliphatic carbocycles. The normalized spacial score (nSPS) is 21.3. The van der Waals surface area contributed by atoms with E-state index in [4.69, 9.17) is 16.7 Å². The lowest BCUT2D eigenvalue weighted by molar-refractivity contribution is 0.100. The standard InChI is InChI=1S/C12H16N4OS/c1-2-3-6-4-8(6)16-12-7(5-13)9(14)10(18-12)11(15)17/h6,8,16H,2-4,14H2,1H3,(H2,15,17). The summed E-state index contributed by atoms with van der Waals surface area (Å²) in [5.74, 6) is 0.0878. The summed E-state index contributed by atoms with van der Waals surface area (Å²) < 4.78 is 0. The Balaban J connectivity index is 2.16. The summed E-state index contributed by atoms with van der Waals surface area (Å²) in [7, 11) is 0. The van der Waals surface area contributed by atoms with E-state index in [9.17, 15) is 4.79 Å². The zero-order valence-electron chi connectivity index (χ0n) is 10.2. The van der Waals surface area contributed by atoms with Gasteiger partial charge in [0.1, 0.15) is 21.5 Å². The number of carbonyl (C=O) groups is 1. The van der Waals surface area contributed by atoms with E-state index in [1.165, 1.54) is 17.8 Å². The van der Waals surface area contributed by atoms with Gasteiger partial charge in [0.05, 0.1) is 5.69 Å². The second-order valence-electron chi connectivity index (χ2n) is 4.56. The average Bonchev–Trinajstić information content (AvgIpc) is 2.95. The van der Waals surface area contributed by atoms with Gasteiger partial charge in [-0.1, -0.05) is 13.3 Å². The van der Waals surface area contributed by atoms with E-state index in [0.717, 1.165) is 12.8 Å². The lowest BCUT2D eigenvalue weighted by Crippen LogP contribution is -2.10. The van der Waals surface area contributed by atoms with E-state index in [1.807, 2.05) is 6.07 Å². The maximum absolute atomic E-state index is 11.2. The molecule has 0 saturated heterocycles. The maximum Gasteiger partial charge on any atom is 0.261 e. The van der Waals surface area contributed by atoms with Gasteiger partial charge in [0.15, 0.2) is 0 Å². The van der Waals surface area contributed by atoms with Crippen molar-refractivity contribution < 1.29 is 4.79 Å². The molecule has 1 saturated carbocycles. The molecule has 0 aromatic carbocycles. The van der Waals surface area contributed by atoms with Crippen molar-refractivity contribution in [2.75, 3.05) is 11.1 Å². The van der Waals surface area contributed by atoms with Crippen molar-refractivity contribution in [1.29, 1.82) is 5.26 Å². The van der Waals surface area contributed by atoms with E-state index < -0.39 is 5.91 Å². The summed E-state index contributed by atoms with van der Waals surface area (Å²) in [4.78, 5) is 11.5. The predicted octanol–water partition coefficient (Wildman–Crippen LogP) is 1.90. The van der Waals surface area contributed by atoms with Crippen LogP contribution in [-0.4, -0.2) is 11.9 Å². The van der Waals surface area contributed by atoms with Crippen molar-refractivity contribution in [3.05, 3.63) is 10.4 Å². The molecule has 0 radical (unpaired) electrons. The van der Waals surface area contributed by atoms with Crippen LogP contribution in [-0.2, 0) is 0 Å². The molecule has 5 nitrogen and oxygen atoms in total. The van der Waals surface area contributed by atoms with Gasteiger partial charge in [0.2, 0.25) is 0 Å². The highest BCUT2D eigenvalue weighted by Gasteiger charge is 2.37. The third kappa shape index (κ3) is 2.27. The number of nitrogens with one attached hydrogen (secondary N) is 1. The van der Waals surface area contributed by atoms with Crippen LogP contribution >= 0.6 is 11.3 Å². The number of primary amides is 1. The highest BCUT2D eigenvalue weighted by atomic mass is 32.1. The molecule has 1 aromatic rings. The van der Waals surface area contributed by atoms with E-state index in [-0.39, 0.29) is 10.6 Å². The molecular formula is C12H16N4OS. The number of hydrogen-bond donors (Lipinski definition) is 3. The Bertz CT molecular complexity index is 517. The number of hydrogen-bond acceptors (Lipinski definition) is 5. The highest BCUT2D eigenvalue weighted by Crippen LogP contribution is 2.42. The summed E-state index contributed by atoms with van der Waals surface area (Å²) in [6, 6.07) is 2.43. The minimum absolute atomic E-state index is 0.199. The number of nitrogen functional groups attached to an aromatic ring is 1. The fourth-order valence-electron chi connectivity index (χ4n) is 2.12. The van der Waals surface area contributed by atoms with Crippen LogP contribution in [0.2, 0.25) is 0 Å². The second-order valence-corrected chi connectivity index (χ2v) is 5.58. The molecule has 1 aromatic heterocycles. The summed E-state index contributed by atoms with van der Waals surface area (Å²) in [6.07, 6.45) is 3.46. The zero-order valence-corrected chi connectivity index (χ0v) is 11.0. The van der Waals surface area contributed by atoms with Gasteiger partial charge in [0, 0.05) is 6.04 Å². The number of anilines is 2. The molecule has 2 rings (SSSR count). The van der Waals surface area contributed by atoms with Crippen LogP contribution in [0.3, 0.4) is 0 Å². The third-order valence-corrected chi connectivity index (χ3v) is 4.33. The average molecular weight is 264 g/mol. The van der Waals surface area contributed by atoms with Gasteiger partial charge in [0.25, 0.3) is 5.91 Å². The third-order valence-electron chi connectivity index (χ3n) is 3.18. The summed E-state index contributed by atoms with van der Waals surface area (Å²) in [5.41, 5.74) is 11.5. The molecule has 2 unspecified atom stereocenters. The van der Waals surface area contributed by atoms with Gasteiger partial charge in [-0.15, -0.1) is 11.3 Å². The van der Waals surface area contributed by atoms with Crippen molar-refractivity contribution >= 4 is 27.9 Å². The minimum atomic E-state index is -0.581. The Kier molecular flexibility index (Phi) is 3.43. The Labute approximate surface area is 110 Å². The summed E-state index contributed by atoms with van der Waals surface area (Å²) in [5, 5.41) is 13.0. The van der Waals surface area contributed by atoms with Gasteiger partial charge in [-0.3, -0.25) is 4.79 Å². The molecule has 1 amide bonds. The van der Waals surface area contributed by atoms with Crippen molar-refractivity contribution in [3.8, 4) is 6.07 Å². The SMILES string of the molecule is CCCC1CC1Nc1sc(C(N)=O)c(N)c1C#N. The first-order valence-electron chi connectivity index (χ1n) is 5.97. The quantitative estimate of drug-likeness (QED) is 0.755. The van der Waals surface area contributed by atoms with Crippen LogP contribution in [0.25, 0.3) is 0 Å². The topological polar surface area (TPSA) is 105 Å². The fourth-order valence-corrected chi connectivity index (χ4v) is 3.11. The first kappa shape index (κ1) is 12.7. The van der Waals surface area contributed by atoms with Crippen molar-refractivity contribution in [3.63, 3.8) is 0 Å². The molecular weight excluding hydrogens is 248 g/mol. The van der Waals surface area contributed by atoms with Crippen molar-refractivity contribution in [2.24, 2.45) is 11.7 Å². The first-order chi connectivity index (χ1) is 8.58. The molecule has 1 fully saturated rings. The molecule has 1 heterocycles. The van der Waals surface area contributed by atoms with Crippen LogP contribution in [0.15, 0.2) is 0 Å². The Morgan fingerprint density at radius 3 is 2.94 bits per heavy atom. The number of nitrogens with two attached hydrogens (primary N) is 2. The fraction of sp³-hybridized carbons (Fsp3) is 0.500. The largest absolute Gasteiger partial charge is 0.396 e. The molecule has 6 heteroatoms. The number of carbonyl (C=O) groups excluding carboxylic acids is 1. The van der Waals surface area contributed by atoms with E-state index >= 15 is 0 Å². The van der Waals surface area contributed by atoms with Gasteiger partial charge in [-0.25, -0.2) is 0 Å². The molecule has 2 atom stereocenters. The Morgan fingerprint density at radius 1 is 1.67 bits per heavy atom. The van der Waals surface area contributed by atoms with Crippen LogP contribution in [0.4, 0.5) is 10.7 Å². The molecule has 0 bridgehead atoms. The maximum atomic E-state index is 11.2. The number of nitriles is 1. The van der Waals surface area contributed by atoms with Crippen LogP contribution in [0.5, 0.6) is 0 Å². The Hall–Kier alpha value is -1.74. The minimum Gasteiger partial charge on any atom is -0.396 e. The van der Waals surface area contributed by atoms with E-state index in [2.05, 4.69) is 12.2 Å². The van der Waals surface area contributed by atoms with Crippen LogP contribution in [0.1, 0.15) is 41.4 Å². The molecule has 1 aliphatic rings. The summed E-state index contributed by atoms with van der Waals surface area (Å²) in [6.45, 7) is 2.16. The lowest BCUT2D eigenvalue weighted by atomic mass is 10.2. The number of amides is 1. The smallest absolute Gasteiger partial charge is 0.261 e. The van der Waals surface area contributed by atoms with Gasteiger partial charge < -0.3 is 16.8 Å². The number of thiophene rings is 1. The molecule has 0 spiro atoms. The summed E-state index contributed by atoms with van der Waals surface area (Å²) >= 11 is 1.17. The van der Waals surface area contributed by atoms with Crippen LogP contribution in [0, 0.1) is 17.2 Å². The van der Waals surface area contributed by atoms with Gasteiger partial charge >= 0.3 is 0 Å². The van der Waals surface area contributed by atoms with Crippen molar-refractivity contribution in [1.82, 2.24) is 0 Å². The zero-order chi connectivity index (χ0) is 13.3. The van der Waals surface area contributed by atoms with Crippen LogP contribution < -0.4 is 16.8 Å². The predicted molar refractivity (Wildman–Crippen MR) is 72.4 cm³/mol. The van der Waals surface area contributed by atoms with Gasteiger partial charge in [-0.05, 0) is 18.8 Å². The second kappa shape index (κ2) is 4.86. The van der Waals surface area contributed by atoms with E-state index in [1.54, 1.807) is 0 Å². The van der Waals surface area contributed by atoms with Gasteiger partial charge in [-0.2, -0.15) is 5.26 Å². The lowest BCUT2D eigenvalue weighted by Gasteiger charge is -2.02. The Morgan fingerprint density at radius 2 is 2.39 bits per heavy atom. The number of rotatable bonds is 5. The monoisotopic (exact) mass is 264 g/mol. The highest BCUT2D eigenvalue weighted by molar-refractivity contribution is 7.18. The first-order valence-corrected chi connectivity index (χ1v) is 6.78. The molecule has 18 heavy (non-hydrogen) atoms. The van der Waals surface area contributed by atoms with Crippen molar-refractivity contribution in [2.45, 2.75) is 32.2 Å². The van der Waals surface area contributed by atoms with E-state index in [0.29, 0.717) is 22.5 Å². The molecule has 0 aliphatic heterocycles.